The van der Waals surface area contributed by atoms with Gasteiger partial charge in [-0.1, -0.05) is 36.6 Å². The third kappa shape index (κ3) is 7.89. The Labute approximate surface area is 202 Å². The van der Waals surface area contributed by atoms with Crippen LogP contribution < -0.4 is 10.6 Å². The second-order valence-corrected chi connectivity index (χ2v) is 8.34. The lowest BCUT2D eigenvalue weighted by Crippen LogP contribution is -2.51. The van der Waals surface area contributed by atoms with E-state index in [4.69, 9.17) is 11.6 Å². The van der Waals surface area contributed by atoms with E-state index in [1.165, 1.54) is 12.8 Å². The largest absolute Gasteiger partial charge is 0.357 e. The van der Waals surface area contributed by atoms with Crippen molar-refractivity contribution in [3.63, 3.8) is 0 Å². The van der Waals surface area contributed by atoms with Gasteiger partial charge in [0.2, 0.25) is 5.91 Å². The Morgan fingerprint density at radius 3 is 2.57 bits per heavy atom. The van der Waals surface area contributed by atoms with E-state index in [1.54, 1.807) is 0 Å². The number of carbonyl (C=O) groups excluding carboxylic acids is 1. The Morgan fingerprint density at radius 1 is 1.17 bits per heavy atom. The Bertz CT molecular complexity index is 688. The normalized spacial score (nSPS) is 18.2. The predicted octanol–water partition coefficient (Wildman–Crippen LogP) is 3.35. The monoisotopic (exact) mass is 547 g/mol. The average Bonchev–Trinajstić information content (AvgIpc) is 3.27. The van der Waals surface area contributed by atoms with Crippen LogP contribution in [0.5, 0.6) is 0 Å². The molecule has 1 heterocycles. The van der Waals surface area contributed by atoms with Gasteiger partial charge < -0.3 is 15.5 Å². The molecule has 2 N–H and O–H groups in total. The van der Waals surface area contributed by atoms with E-state index in [9.17, 15) is 4.79 Å². The third-order valence-corrected chi connectivity index (χ3v) is 6.00. The summed E-state index contributed by atoms with van der Waals surface area (Å²) in [6.45, 7) is 8.90. The van der Waals surface area contributed by atoms with Gasteiger partial charge in [-0.05, 0) is 37.5 Å². The minimum Gasteiger partial charge on any atom is -0.357 e. The van der Waals surface area contributed by atoms with E-state index < -0.39 is 0 Å². The number of amides is 1. The zero-order valence-electron chi connectivity index (χ0n) is 17.9. The number of piperazine rings is 1. The smallest absolute Gasteiger partial charge is 0.225 e. The Morgan fingerprint density at radius 2 is 1.90 bits per heavy atom. The molecular formula is C22H35ClIN5O. The van der Waals surface area contributed by atoms with Gasteiger partial charge in [-0.25, -0.2) is 4.99 Å². The second kappa shape index (κ2) is 13.4. The fraction of sp³-hybridized carbons (Fsp3) is 0.636. The maximum Gasteiger partial charge on any atom is 0.225 e. The SMILES string of the molecule is CCNC(=NCc1cccc(Cl)c1)NCCN1CCN(C(=O)C2CCCC2)CC1.I. The fourth-order valence-corrected chi connectivity index (χ4v) is 4.32. The molecule has 1 saturated carbocycles. The van der Waals surface area contributed by atoms with E-state index in [-0.39, 0.29) is 24.0 Å². The Balaban J connectivity index is 0.00000320. The molecule has 2 aliphatic rings. The van der Waals surface area contributed by atoms with Gasteiger partial charge in [0.1, 0.15) is 0 Å². The molecule has 0 spiro atoms. The molecule has 1 saturated heterocycles. The van der Waals surface area contributed by atoms with E-state index in [0.717, 1.165) is 75.2 Å². The Kier molecular flexibility index (Phi) is 11.2. The summed E-state index contributed by atoms with van der Waals surface area (Å²) >= 11 is 6.05. The molecule has 0 atom stereocenters. The van der Waals surface area contributed by atoms with Crippen molar-refractivity contribution in [2.75, 3.05) is 45.8 Å². The Hall–Kier alpha value is -1.06. The minimum atomic E-state index is 0. The zero-order chi connectivity index (χ0) is 20.5. The molecule has 2 fully saturated rings. The van der Waals surface area contributed by atoms with Gasteiger partial charge in [-0.3, -0.25) is 9.69 Å². The summed E-state index contributed by atoms with van der Waals surface area (Å²) in [7, 11) is 0. The molecule has 8 heteroatoms. The summed E-state index contributed by atoms with van der Waals surface area (Å²) < 4.78 is 0. The molecule has 30 heavy (non-hydrogen) atoms. The van der Waals surface area contributed by atoms with Crippen LogP contribution in [0.1, 0.15) is 38.2 Å². The highest BCUT2D eigenvalue weighted by Gasteiger charge is 2.29. The summed E-state index contributed by atoms with van der Waals surface area (Å²) in [6.07, 6.45) is 4.61. The molecule has 6 nitrogen and oxygen atoms in total. The van der Waals surface area contributed by atoms with Crippen LogP contribution in [-0.2, 0) is 11.3 Å². The number of nitrogens with one attached hydrogen (secondary N) is 2. The van der Waals surface area contributed by atoms with Crippen molar-refractivity contribution < 1.29 is 4.79 Å². The molecule has 1 aromatic carbocycles. The molecular weight excluding hydrogens is 513 g/mol. The zero-order valence-corrected chi connectivity index (χ0v) is 21.0. The highest BCUT2D eigenvalue weighted by molar-refractivity contribution is 14.0. The first kappa shape index (κ1) is 25.2. The van der Waals surface area contributed by atoms with Crippen molar-refractivity contribution in [1.29, 1.82) is 0 Å². The lowest BCUT2D eigenvalue weighted by molar-refractivity contribution is -0.137. The second-order valence-electron chi connectivity index (χ2n) is 7.90. The fourth-order valence-electron chi connectivity index (χ4n) is 4.10. The molecule has 3 rings (SSSR count). The van der Waals surface area contributed by atoms with Crippen LogP contribution in [0.15, 0.2) is 29.3 Å². The van der Waals surface area contributed by atoms with Crippen LogP contribution in [0.25, 0.3) is 0 Å². The van der Waals surface area contributed by atoms with Crippen molar-refractivity contribution in [2.45, 2.75) is 39.2 Å². The summed E-state index contributed by atoms with van der Waals surface area (Å²) in [5, 5.41) is 7.45. The highest BCUT2D eigenvalue weighted by atomic mass is 127. The summed E-state index contributed by atoms with van der Waals surface area (Å²) in [4.78, 5) is 21.7. The molecule has 0 radical (unpaired) electrons. The molecule has 1 aromatic rings. The van der Waals surface area contributed by atoms with Crippen molar-refractivity contribution >= 4 is 47.4 Å². The van der Waals surface area contributed by atoms with Crippen LogP contribution >= 0.6 is 35.6 Å². The minimum absolute atomic E-state index is 0. The van der Waals surface area contributed by atoms with Gasteiger partial charge in [0.25, 0.3) is 0 Å². The van der Waals surface area contributed by atoms with Gasteiger partial charge in [0.15, 0.2) is 5.96 Å². The maximum atomic E-state index is 12.6. The number of hydrogen-bond donors (Lipinski definition) is 2. The van der Waals surface area contributed by atoms with E-state index >= 15 is 0 Å². The van der Waals surface area contributed by atoms with Gasteiger partial charge in [0, 0.05) is 56.8 Å². The van der Waals surface area contributed by atoms with Gasteiger partial charge >= 0.3 is 0 Å². The average molecular weight is 548 g/mol. The lowest BCUT2D eigenvalue weighted by Gasteiger charge is -2.36. The number of guanidine groups is 1. The number of carbonyl (C=O) groups is 1. The number of nitrogens with zero attached hydrogens (tertiary/aromatic N) is 3. The molecule has 168 valence electrons. The number of aliphatic imine (C=N–C) groups is 1. The van der Waals surface area contributed by atoms with Crippen LogP contribution in [0.3, 0.4) is 0 Å². The van der Waals surface area contributed by atoms with Crippen molar-refractivity contribution in [2.24, 2.45) is 10.9 Å². The van der Waals surface area contributed by atoms with Crippen molar-refractivity contribution in [1.82, 2.24) is 20.4 Å². The van der Waals surface area contributed by atoms with Gasteiger partial charge in [-0.15, -0.1) is 24.0 Å². The number of halogens is 2. The summed E-state index contributed by atoms with van der Waals surface area (Å²) in [5.41, 5.74) is 1.10. The number of benzene rings is 1. The van der Waals surface area contributed by atoms with E-state index in [0.29, 0.717) is 18.4 Å². The van der Waals surface area contributed by atoms with Crippen LogP contribution in [0, 0.1) is 5.92 Å². The van der Waals surface area contributed by atoms with Crippen molar-refractivity contribution in [3.8, 4) is 0 Å². The maximum absolute atomic E-state index is 12.6. The van der Waals surface area contributed by atoms with Crippen molar-refractivity contribution in [3.05, 3.63) is 34.9 Å². The van der Waals surface area contributed by atoms with Gasteiger partial charge in [-0.2, -0.15) is 0 Å². The van der Waals surface area contributed by atoms with E-state index in [2.05, 4.69) is 32.3 Å². The third-order valence-electron chi connectivity index (χ3n) is 5.76. The molecule has 0 aromatic heterocycles. The number of rotatable bonds is 7. The molecule has 0 unspecified atom stereocenters. The summed E-state index contributed by atoms with van der Waals surface area (Å²) in [6, 6.07) is 7.80. The standard InChI is InChI=1S/C22H34ClN5O.HI/c1-2-24-22(26-17-18-6-5-9-20(23)16-18)25-10-11-27-12-14-28(15-13-27)21(29)19-7-3-4-8-19;/h5-6,9,16,19H,2-4,7-8,10-15,17H2,1H3,(H2,24,25,26);1H. The van der Waals surface area contributed by atoms with Crippen LogP contribution in [0.2, 0.25) is 5.02 Å². The predicted molar refractivity (Wildman–Crippen MR) is 135 cm³/mol. The quantitative estimate of drug-likeness (QED) is 0.312. The van der Waals surface area contributed by atoms with E-state index in [1.807, 2.05) is 24.3 Å². The lowest BCUT2D eigenvalue weighted by atomic mass is 10.1. The molecule has 1 aliphatic heterocycles. The number of hydrogen-bond acceptors (Lipinski definition) is 3. The molecule has 0 bridgehead atoms. The van der Waals surface area contributed by atoms with Gasteiger partial charge in [0.05, 0.1) is 6.54 Å². The first-order chi connectivity index (χ1) is 14.2. The highest BCUT2D eigenvalue weighted by Crippen LogP contribution is 2.26. The topological polar surface area (TPSA) is 60.0 Å². The first-order valence-corrected chi connectivity index (χ1v) is 11.3. The molecule has 1 amide bonds. The van der Waals surface area contributed by atoms with Crippen LogP contribution in [-0.4, -0.2) is 67.5 Å². The summed E-state index contributed by atoms with van der Waals surface area (Å²) in [5.74, 6) is 1.51. The molecule has 1 aliphatic carbocycles. The van der Waals surface area contributed by atoms with Crippen LogP contribution in [0.4, 0.5) is 0 Å². The first-order valence-electron chi connectivity index (χ1n) is 10.9.